The largest absolute Gasteiger partial charge is 0.492 e. The first-order valence-corrected chi connectivity index (χ1v) is 9.39. The standard InChI is InChI=1S/C16H23Br2NO/c17-9-10-19(15-6-2-1-3-7-15)11-12-20-16-8-4-5-14(18)13-16/h4-5,8,13,15H,1-3,6-7,9-12H2. The maximum Gasteiger partial charge on any atom is 0.120 e. The van der Waals surface area contributed by atoms with Crippen LogP contribution in [0.25, 0.3) is 0 Å². The van der Waals surface area contributed by atoms with E-state index < -0.39 is 0 Å². The number of alkyl halides is 1. The van der Waals surface area contributed by atoms with E-state index in [1.807, 2.05) is 24.3 Å². The van der Waals surface area contributed by atoms with Crippen LogP contribution in [0, 0.1) is 0 Å². The van der Waals surface area contributed by atoms with Gasteiger partial charge in [0.25, 0.3) is 0 Å². The van der Waals surface area contributed by atoms with Crippen molar-refractivity contribution in [2.45, 2.75) is 38.1 Å². The first-order chi connectivity index (χ1) is 9.79. The molecule has 1 fully saturated rings. The summed E-state index contributed by atoms with van der Waals surface area (Å²) >= 11 is 7.05. The van der Waals surface area contributed by atoms with Crippen LogP contribution in [0.5, 0.6) is 5.75 Å². The van der Waals surface area contributed by atoms with Crippen LogP contribution in [0.15, 0.2) is 28.7 Å². The van der Waals surface area contributed by atoms with E-state index in [9.17, 15) is 0 Å². The highest BCUT2D eigenvalue weighted by molar-refractivity contribution is 9.10. The Bertz CT molecular complexity index is 394. The topological polar surface area (TPSA) is 12.5 Å². The Balaban J connectivity index is 1.79. The fourth-order valence-electron chi connectivity index (χ4n) is 2.87. The predicted molar refractivity (Wildman–Crippen MR) is 91.9 cm³/mol. The molecule has 0 atom stereocenters. The third kappa shape index (κ3) is 5.38. The molecule has 1 aliphatic rings. The number of benzene rings is 1. The molecule has 0 N–H and O–H groups in total. The van der Waals surface area contributed by atoms with E-state index in [1.165, 1.54) is 32.1 Å². The Morgan fingerprint density at radius 2 is 1.95 bits per heavy atom. The summed E-state index contributed by atoms with van der Waals surface area (Å²) in [6.07, 6.45) is 6.88. The molecule has 1 aromatic carbocycles. The van der Waals surface area contributed by atoms with Crippen LogP contribution in [0.1, 0.15) is 32.1 Å². The lowest BCUT2D eigenvalue weighted by Crippen LogP contribution is -2.40. The average Bonchev–Trinajstić information content (AvgIpc) is 2.47. The Morgan fingerprint density at radius 3 is 2.65 bits per heavy atom. The van der Waals surface area contributed by atoms with Gasteiger partial charge >= 0.3 is 0 Å². The number of ether oxygens (including phenoxy) is 1. The van der Waals surface area contributed by atoms with Gasteiger partial charge in [0.05, 0.1) is 0 Å². The first-order valence-electron chi connectivity index (χ1n) is 7.48. The van der Waals surface area contributed by atoms with E-state index in [1.54, 1.807) is 0 Å². The highest BCUT2D eigenvalue weighted by Gasteiger charge is 2.20. The molecule has 0 saturated heterocycles. The summed E-state index contributed by atoms with van der Waals surface area (Å²) < 4.78 is 6.94. The lowest BCUT2D eigenvalue weighted by atomic mass is 9.94. The molecule has 112 valence electrons. The van der Waals surface area contributed by atoms with Gasteiger partial charge in [0.15, 0.2) is 0 Å². The van der Waals surface area contributed by atoms with E-state index >= 15 is 0 Å². The van der Waals surface area contributed by atoms with Crippen molar-refractivity contribution >= 4 is 31.9 Å². The molecule has 0 amide bonds. The van der Waals surface area contributed by atoms with E-state index in [-0.39, 0.29) is 0 Å². The Hall–Kier alpha value is -0.0600. The van der Waals surface area contributed by atoms with Crippen LogP contribution in [0.4, 0.5) is 0 Å². The van der Waals surface area contributed by atoms with Crippen molar-refractivity contribution in [1.82, 2.24) is 4.90 Å². The highest BCUT2D eigenvalue weighted by atomic mass is 79.9. The zero-order chi connectivity index (χ0) is 14.2. The quantitative estimate of drug-likeness (QED) is 0.601. The Morgan fingerprint density at radius 1 is 1.15 bits per heavy atom. The zero-order valence-corrected chi connectivity index (χ0v) is 15.0. The van der Waals surface area contributed by atoms with Gasteiger partial charge in [-0.1, -0.05) is 57.2 Å². The van der Waals surface area contributed by atoms with Crippen LogP contribution < -0.4 is 4.74 Å². The van der Waals surface area contributed by atoms with Crippen molar-refractivity contribution in [2.75, 3.05) is 25.0 Å². The molecule has 2 nitrogen and oxygen atoms in total. The number of nitrogens with zero attached hydrogens (tertiary/aromatic N) is 1. The first kappa shape index (κ1) is 16.3. The van der Waals surface area contributed by atoms with Crippen molar-refractivity contribution in [3.8, 4) is 5.75 Å². The van der Waals surface area contributed by atoms with Crippen molar-refractivity contribution in [3.05, 3.63) is 28.7 Å². The van der Waals surface area contributed by atoms with Crippen molar-refractivity contribution in [3.63, 3.8) is 0 Å². The summed E-state index contributed by atoms with van der Waals surface area (Å²) in [5.41, 5.74) is 0. The highest BCUT2D eigenvalue weighted by Crippen LogP contribution is 2.23. The second kappa shape index (κ2) is 9.06. The number of halogens is 2. The fourth-order valence-corrected chi connectivity index (χ4v) is 3.70. The third-order valence-electron chi connectivity index (χ3n) is 3.91. The van der Waals surface area contributed by atoms with Crippen molar-refractivity contribution in [2.24, 2.45) is 0 Å². The third-order valence-corrected chi connectivity index (χ3v) is 4.75. The monoisotopic (exact) mass is 403 g/mol. The van der Waals surface area contributed by atoms with E-state index in [0.29, 0.717) is 0 Å². The van der Waals surface area contributed by atoms with Crippen LogP contribution in [-0.2, 0) is 0 Å². The van der Waals surface area contributed by atoms with Gasteiger partial charge in [0.1, 0.15) is 12.4 Å². The van der Waals surface area contributed by atoms with Gasteiger partial charge < -0.3 is 4.74 Å². The fraction of sp³-hybridized carbons (Fsp3) is 0.625. The van der Waals surface area contributed by atoms with Crippen LogP contribution in [0.3, 0.4) is 0 Å². The molecule has 0 spiro atoms. The van der Waals surface area contributed by atoms with Gasteiger partial charge in [0, 0.05) is 28.9 Å². The maximum atomic E-state index is 5.87. The molecule has 0 heterocycles. The minimum atomic E-state index is 0.757. The molecule has 0 aromatic heterocycles. The normalized spacial score (nSPS) is 16.6. The molecule has 2 rings (SSSR count). The lowest BCUT2D eigenvalue weighted by molar-refractivity contribution is 0.138. The van der Waals surface area contributed by atoms with Gasteiger partial charge in [-0.05, 0) is 31.0 Å². The van der Waals surface area contributed by atoms with Gasteiger partial charge in [-0.2, -0.15) is 0 Å². The van der Waals surface area contributed by atoms with E-state index in [0.717, 1.165) is 41.3 Å². The van der Waals surface area contributed by atoms with Crippen LogP contribution >= 0.6 is 31.9 Å². The summed E-state index contributed by atoms with van der Waals surface area (Å²) in [7, 11) is 0. The Kier molecular flexibility index (Phi) is 7.39. The van der Waals surface area contributed by atoms with Crippen LogP contribution in [0.2, 0.25) is 0 Å². The molecule has 1 saturated carbocycles. The van der Waals surface area contributed by atoms with Crippen LogP contribution in [-0.4, -0.2) is 36.0 Å². The van der Waals surface area contributed by atoms with Gasteiger partial charge in [-0.15, -0.1) is 0 Å². The average molecular weight is 405 g/mol. The molecular weight excluding hydrogens is 382 g/mol. The van der Waals surface area contributed by atoms with Crippen molar-refractivity contribution < 1.29 is 4.74 Å². The lowest BCUT2D eigenvalue weighted by Gasteiger charge is -2.33. The summed E-state index contributed by atoms with van der Waals surface area (Å²) in [5, 5.41) is 1.04. The SMILES string of the molecule is BrCCN(CCOc1cccc(Br)c1)C1CCCCC1. The summed E-state index contributed by atoms with van der Waals surface area (Å²) in [6.45, 7) is 2.90. The molecule has 1 aliphatic carbocycles. The van der Waals surface area contributed by atoms with Crippen molar-refractivity contribution in [1.29, 1.82) is 0 Å². The minimum absolute atomic E-state index is 0.757. The molecule has 0 bridgehead atoms. The smallest absolute Gasteiger partial charge is 0.120 e. The molecule has 20 heavy (non-hydrogen) atoms. The predicted octanol–water partition coefficient (Wildman–Crippen LogP) is 4.86. The second-order valence-corrected chi connectivity index (χ2v) is 7.03. The maximum absolute atomic E-state index is 5.87. The molecule has 1 aromatic rings. The van der Waals surface area contributed by atoms with E-state index in [4.69, 9.17) is 4.74 Å². The van der Waals surface area contributed by atoms with Gasteiger partial charge in [-0.3, -0.25) is 4.90 Å². The number of hydrogen-bond acceptors (Lipinski definition) is 2. The summed E-state index contributed by atoms with van der Waals surface area (Å²) in [6, 6.07) is 8.82. The molecule has 0 aliphatic heterocycles. The molecular formula is C16H23Br2NO. The zero-order valence-electron chi connectivity index (χ0n) is 11.9. The Labute approximate surface area is 139 Å². The van der Waals surface area contributed by atoms with Gasteiger partial charge in [0.2, 0.25) is 0 Å². The molecule has 0 radical (unpaired) electrons. The summed E-state index contributed by atoms with van der Waals surface area (Å²) in [5.74, 6) is 0.946. The summed E-state index contributed by atoms with van der Waals surface area (Å²) in [4.78, 5) is 2.59. The minimum Gasteiger partial charge on any atom is -0.492 e. The van der Waals surface area contributed by atoms with E-state index in [2.05, 4.69) is 36.8 Å². The number of rotatable bonds is 7. The van der Waals surface area contributed by atoms with Gasteiger partial charge in [-0.25, -0.2) is 0 Å². The number of hydrogen-bond donors (Lipinski definition) is 0. The molecule has 4 heteroatoms. The second-order valence-electron chi connectivity index (χ2n) is 5.32. The molecule has 0 unspecified atom stereocenters.